The highest BCUT2D eigenvalue weighted by Gasteiger charge is 2.16. The number of aryl methyl sites for hydroxylation is 1. The first-order valence-corrected chi connectivity index (χ1v) is 5.31. The quantitative estimate of drug-likeness (QED) is 0.432. The van der Waals surface area contributed by atoms with Crippen LogP contribution >= 0.6 is 0 Å². The first-order valence-electron chi connectivity index (χ1n) is 5.31. The van der Waals surface area contributed by atoms with Crippen LogP contribution in [0.5, 0.6) is 0 Å². The van der Waals surface area contributed by atoms with Gasteiger partial charge in [0.1, 0.15) is 12.1 Å². The molecular weight excluding hydrogens is 206 g/mol. The van der Waals surface area contributed by atoms with Crippen LogP contribution in [0.2, 0.25) is 0 Å². The molecule has 0 aliphatic heterocycles. The maximum absolute atomic E-state index is 11.7. The minimum atomic E-state index is -0.500. The molecule has 4 heteroatoms. The highest BCUT2D eigenvalue weighted by molar-refractivity contribution is 6.05. The summed E-state index contributed by atoms with van der Waals surface area (Å²) in [4.78, 5) is 26.9. The van der Waals surface area contributed by atoms with E-state index in [4.69, 9.17) is 4.74 Å². The van der Waals surface area contributed by atoms with Gasteiger partial charge in [0.2, 0.25) is 0 Å². The summed E-state index contributed by atoms with van der Waals surface area (Å²) in [6, 6.07) is 3.62. The van der Waals surface area contributed by atoms with E-state index in [0.717, 1.165) is 12.0 Å². The van der Waals surface area contributed by atoms with Crippen LogP contribution in [0, 0.1) is 0 Å². The Bertz CT molecular complexity index is 388. The fourth-order valence-electron chi connectivity index (χ4n) is 1.40. The van der Waals surface area contributed by atoms with Gasteiger partial charge in [-0.25, -0.2) is 0 Å². The molecule has 0 amide bonds. The molecule has 0 fully saturated rings. The van der Waals surface area contributed by atoms with Gasteiger partial charge in [-0.05, 0) is 25.0 Å². The molecule has 1 aromatic rings. The minimum absolute atomic E-state index is 0.238. The van der Waals surface area contributed by atoms with Crippen molar-refractivity contribution in [1.29, 1.82) is 0 Å². The van der Waals surface area contributed by atoms with Crippen LogP contribution in [-0.2, 0) is 16.0 Å². The van der Waals surface area contributed by atoms with Gasteiger partial charge in [0.15, 0.2) is 5.78 Å². The molecule has 0 aliphatic carbocycles. The second-order valence-corrected chi connectivity index (χ2v) is 3.27. The number of ketones is 1. The lowest BCUT2D eigenvalue weighted by atomic mass is 10.1. The Hall–Kier alpha value is -1.71. The van der Waals surface area contributed by atoms with E-state index in [0.29, 0.717) is 5.69 Å². The summed E-state index contributed by atoms with van der Waals surface area (Å²) in [5.74, 6) is -0.781. The average Bonchev–Trinajstić information content (AvgIpc) is 2.29. The van der Waals surface area contributed by atoms with Crippen LogP contribution in [0.1, 0.15) is 36.3 Å². The van der Waals surface area contributed by atoms with E-state index < -0.39 is 5.97 Å². The van der Waals surface area contributed by atoms with Crippen LogP contribution in [0.25, 0.3) is 0 Å². The maximum Gasteiger partial charge on any atom is 0.313 e. The smallest absolute Gasteiger partial charge is 0.313 e. The Morgan fingerprint density at radius 1 is 1.38 bits per heavy atom. The second kappa shape index (κ2) is 6.00. The van der Waals surface area contributed by atoms with Crippen molar-refractivity contribution in [2.45, 2.75) is 26.7 Å². The molecule has 0 radical (unpaired) electrons. The van der Waals surface area contributed by atoms with E-state index in [2.05, 4.69) is 4.98 Å². The standard InChI is InChI=1S/C12H15NO3/c1-3-9-6-5-7-13-12(9)10(14)8-11(15)16-4-2/h5-7H,3-4,8H2,1-2H3. The summed E-state index contributed by atoms with van der Waals surface area (Å²) in [5, 5.41) is 0. The normalized spacial score (nSPS) is 9.88. The van der Waals surface area contributed by atoms with Gasteiger partial charge in [-0.15, -0.1) is 0 Å². The van der Waals surface area contributed by atoms with Crippen LogP contribution in [-0.4, -0.2) is 23.3 Å². The lowest BCUT2D eigenvalue weighted by Gasteiger charge is -2.05. The highest BCUT2D eigenvalue weighted by Crippen LogP contribution is 2.09. The SMILES string of the molecule is CCOC(=O)CC(=O)c1ncccc1CC. The largest absolute Gasteiger partial charge is 0.466 e. The van der Waals surface area contributed by atoms with Gasteiger partial charge < -0.3 is 4.74 Å². The van der Waals surface area contributed by atoms with Crippen molar-refractivity contribution in [3.63, 3.8) is 0 Å². The summed E-state index contributed by atoms with van der Waals surface area (Å²) in [6.45, 7) is 3.94. The molecule has 0 N–H and O–H groups in total. The van der Waals surface area contributed by atoms with Crippen LogP contribution in [0.15, 0.2) is 18.3 Å². The molecule has 0 bridgehead atoms. The van der Waals surface area contributed by atoms with E-state index in [-0.39, 0.29) is 18.8 Å². The molecule has 16 heavy (non-hydrogen) atoms. The molecule has 0 saturated heterocycles. The zero-order valence-electron chi connectivity index (χ0n) is 9.53. The topological polar surface area (TPSA) is 56.3 Å². The summed E-state index contributed by atoms with van der Waals surface area (Å²) < 4.78 is 4.72. The van der Waals surface area contributed by atoms with E-state index in [1.165, 1.54) is 0 Å². The Morgan fingerprint density at radius 3 is 2.75 bits per heavy atom. The van der Waals surface area contributed by atoms with Gasteiger partial charge in [0.25, 0.3) is 0 Å². The number of pyridine rings is 1. The van der Waals surface area contributed by atoms with Crippen LogP contribution in [0.3, 0.4) is 0 Å². The van der Waals surface area contributed by atoms with Gasteiger partial charge in [-0.2, -0.15) is 0 Å². The third-order valence-electron chi connectivity index (χ3n) is 2.15. The maximum atomic E-state index is 11.7. The van der Waals surface area contributed by atoms with E-state index >= 15 is 0 Å². The minimum Gasteiger partial charge on any atom is -0.466 e. The number of hydrogen-bond acceptors (Lipinski definition) is 4. The number of carbonyl (C=O) groups excluding carboxylic acids is 2. The summed E-state index contributed by atoms with van der Waals surface area (Å²) in [7, 11) is 0. The van der Waals surface area contributed by atoms with Crippen LogP contribution < -0.4 is 0 Å². The van der Waals surface area contributed by atoms with Gasteiger partial charge in [-0.1, -0.05) is 13.0 Å². The molecule has 1 rings (SSSR count). The van der Waals surface area contributed by atoms with Crippen molar-refractivity contribution in [2.24, 2.45) is 0 Å². The van der Waals surface area contributed by atoms with Crippen molar-refractivity contribution in [3.05, 3.63) is 29.6 Å². The molecule has 0 spiro atoms. The van der Waals surface area contributed by atoms with Crippen molar-refractivity contribution in [2.75, 3.05) is 6.61 Å². The number of carbonyl (C=O) groups is 2. The van der Waals surface area contributed by atoms with Crippen molar-refractivity contribution in [1.82, 2.24) is 4.98 Å². The first-order chi connectivity index (χ1) is 7.69. The van der Waals surface area contributed by atoms with Crippen molar-refractivity contribution < 1.29 is 14.3 Å². The first kappa shape index (κ1) is 12.4. The highest BCUT2D eigenvalue weighted by atomic mass is 16.5. The zero-order valence-corrected chi connectivity index (χ0v) is 9.53. The van der Waals surface area contributed by atoms with E-state index in [1.54, 1.807) is 19.2 Å². The lowest BCUT2D eigenvalue weighted by Crippen LogP contribution is -2.14. The Balaban J connectivity index is 2.76. The van der Waals surface area contributed by atoms with Gasteiger partial charge in [-0.3, -0.25) is 14.6 Å². The number of esters is 1. The fraction of sp³-hybridized carbons (Fsp3) is 0.417. The molecule has 4 nitrogen and oxygen atoms in total. The number of rotatable bonds is 5. The number of Topliss-reactive ketones (excluding diaryl/α,β-unsaturated/α-hetero) is 1. The summed E-state index contributed by atoms with van der Waals surface area (Å²) >= 11 is 0. The third kappa shape index (κ3) is 3.15. The molecule has 1 aromatic heterocycles. The molecular formula is C12H15NO3. The Kier molecular flexibility index (Phi) is 4.64. The fourth-order valence-corrected chi connectivity index (χ4v) is 1.40. The number of aromatic nitrogens is 1. The van der Waals surface area contributed by atoms with Gasteiger partial charge >= 0.3 is 5.97 Å². The molecule has 0 unspecified atom stereocenters. The number of nitrogens with zero attached hydrogens (tertiary/aromatic N) is 1. The Labute approximate surface area is 94.6 Å². The molecule has 0 aromatic carbocycles. The monoisotopic (exact) mass is 221 g/mol. The molecule has 0 aliphatic rings. The molecule has 0 saturated carbocycles. The number of hydrogen-bond donors (Lipinski definition) is 0. The van der Waals surface area contributed by atoms with E-state index in [9.17, 15) is 9.59 Å². The molecule has 1 heterocycles. The van der Waals surface area contributed by atoms with Crippen molar-refractivity contribution in [3.8, 4) is 0 Å². The molecule has 0 atom stereocenters. The number of ether oxygens (including phenoxy) is 1. The van der Waals surface area contributed by atoms with Gasteiger partial charge in [0.05, 0.1) is 6.61 Å². The predicted octanol–water partition coefficient (Wildman–Crippen LogP) is 1.78. The van der Waals surface area contributed by atoms with Crippen molar-refractivity contribution >= 4 is 11.8 Å². The third-order valence-corrected chi connectivity index (χ3v) is 2.15. The molecule has 86 valence electrons. The average molecular weight is 221 g/mol. The Morgan fingerprint density at radius 2 is 2.12 bits per heavy atom. The zero-order chi connectivity index (χ0) is 12.0. The summed E-state index contributed by atoms with van der Waals surface area (Å²) in [6.07, 6.45) is 2.03. The lowest BCUT2D eigenvalue weighted by molar-refractivity contribution is -0.141. The van der Waals surface area contributed by atoms with Crippen LogP contribution in [0.4, 0.5) is 0 Å². The van der Waals surface area contributed by atoms with E-state index in [1.807, 2.05) is 13.0 Å². The summed E-state index contributed by atoms with van der Waals surface area (Å²) in [5.41, 5.74) is 1.23. The second-order valence-electron chi connectivity index (χ2n) is 3.27. The predicted molar refractivity (Wildman–Crippen MR) is 59.2 cm³/mol. The van der Waals surface area contributed by atoms with Gasteiger partial charge in [0, 0.05) is 6.20 Å².